The summed E-state index contributed by atoms with van der Waals surface area (Å²) in [5.74, 6) is -0.678. The van der Waals surface area contributed by atoms with Crippen LogP contribution in [0.3, 0.4) is 0 Å². The van der Waals surface area contributed by atoms with Gasteiger partial charge in [0.15, 0.2) is 0 Å². The molecule has 0 amide bonds. The van der Waals surface area contributed by atoms with E-state index in [-0.39, 0.29) is 24.9 Å². The van der Waals surface area contributed by atoms with E-state index in [4.69, 9.17) is 19.3 Å². The van der Waals surface area contributed by atoms with Crippen molar-refractivity contribution >= 4 is 16.0 Å². The van der Waals surface area contributed by atoms with Crippen LogP contribution in [-0.2, 0) is 21.2 Å². The molecule has 0 unspecified atom stereocenters. The third-order valence-electron chi connectivity index (χ3n) is 8.55. The lowest BCUT2D eigenvalue weighted by Crippen LogP contribution is -2.51. The van der Waals surface area contributed by atoms with Gasteiger partial charge in [0.1, 0.15) is 35.0 Å². The van der Waals surface area contributed by atoms with Gasteiger partial charge in [0.25, 0.3) is 0 Å². The van der Waals surface area contributed by atoms with Crippen LogP contribution in [0.4, 0.5) is 8.78 Å². The predicted octanol–water partition coefficient (Wildman–Crippen LogP) is 5.54. The molecule has 0 spiro atoms. The predicted molar refractivity (Wildman–Crippen MR) is 155 cm³/mol. The number of carbonyl (C=O) groups is 1. The van der Waals surface area contributed by atoms with Crippen molar-refractivity contribution in [3.63, 3.8) is 0 Å². The lowest BCUT2D eigenvalue weighted by atomic mass is 9.89. The van der Waals surface area contributed by atoms with Gasteiger partial charge in [-0.05, 0) is 67.1 Å². The molecule has 11 heteroatoms. The van der Waals surface area contributed by atoms with Crippen molar-refractivity contribution in [2.75, 3.05) is 32.6 Å². The Morgan fingerprint density at radius 3 is 2.44 bits per heavy atom. The van der Waals surface area contributed by atoms with Gasteiger partial charge < -0.3 is 19.3 Å². The number of benzene rings is 3. The fourth-order valence-corrected chi connectivity index (χ4v) is 7.45. The second-order valence-corrected chi connectivity index (χ2v) is 13.7. The fourth-order valence-electron chi connectivity index (χ4n) is 6.49. The van der Waals surface area contributed by atoms with Crippen LogP contribution in [0, 0.1) is 31.4 Å². The zero-order chi connectivity index (χ0) is 30.6. The lowest BCUT2D eigenvalue weighted by molar-refractivity contribution is -0.137. The summed E-state index contributed by atoms with van der Waals surface area (Å²) in [5, 5.41) is 9.15. The number of rotatable bonds is 9. The summed E-state index contributed by atoms with van der Waals surface area (Å²) < 4.78 is 73.3. The van der Waals surface area contributed by atoms with Crippen LogP contribution in [0.2, 0.25) is 0 Å². The van der Waals surface area contributed by atoms with Gasteiger partial charge in [0, 0.05) is 53.7 Å². The van der Waals surface area contributed by atoms with Crippen LogP contribution >= 0.6 is 0 Å². The smallest absolute Gasteiger partial charge is 0.304 e. The molecule has 0 bridgehead atoms. The van der Waals surface area contributed by atoms with Gasteiger partial charge in [-0.1, -0.05) is 6.07 Å². The molecule has 228 valence electrons. The number of sulfonamides is 1. The molecule has 3 aromatic carbocycles. The maximum atomic E-state index is 15.5. The number of ether oxygens (including phenoxy) is 3. The number of halogens is 2. The average Bonchev–Trinajstić information content (AvgIpc) is 3.47. The first-order chi connectivity index (χ1) is 20.4. The number of hydrogen-bond acceptors (Lipinski definition) is 6. The van der Waals surface area contributed by atoms with Crippen LogP contribution in [0.5, 0.6) is 17.2 Å². The van der Waals surface area contributed by atoms with E-state index in [0.29, 0.717) is 72.0 Å². The number of carboxylic acid groups (broad SMARTS) is 1. The number of hydrogen-bond donors (Lipinski definition) is 1. The zero-order valence-corrected chi connectivity index (χ0v) is 25.0. The molecule has 43 heavy (non-hydrogen) atoms. The number of aryl methyl sites for hydroxylation is 2. The molecule has 3 aromatic rings. The van der Waals surface area contributed by atoms with Crippen molar-refractivity contribution in [1.82, 2.24) is 4.31 Å². The number of fused-ring (bicyclic) bond motifs is 2. The molecule has 2 atom stereocenters. The lowest BCUT2D eigenvalue weighted by Gasteiger charge is -2.36. The van der Waals surface area contributed by atoms with Gasteiger partial charge in [0.2, 0.25) is 10.0 Å². The van der Waals surface area contributed by atoms with E-state index in [1.54, 1.807) is 18.2 Å². The van der Waals surface area contributed by atoms with Gasteiger partial charge in [-0.2, -0.15) is 0 Å². The molecule has 2 heterocycles. The van der Waals surface area contributed by atoms with Crippen LogP contribution in [0.25, 0.3) is 11.1 Å². The Morgan fingerprint density at radius 2 is 1.77 bits per heavy atom. The standard InChI is InChI=1S/C32H33F2NO7S/c1-17-8-22(40-15-19-13-35(14-19)43(3,38)39)9-18(2)30(17)32-24-6-7-27(31(24)25(33)12-26(32)34)42-21-4-5-23-20(10-29(36)37)16-41-28(23)11-21/h4-5,8-9,11-12,19-20,27H,6-7,10,13-16H2,1-3H3,(H,36,37)/t20-,27-/m1/s1. The number of aliphatic carboxylic acids is 1. The molecular weight excluding hydrogens is 580 g/mol. The summed E-state index contributed by atoms with van der Waals surface area (Å²) >= 11 is 0. The zero-order valence-electron chi connectivity index (χ0n) is 24.2. The molecule has 3 aliphatic rings. The third-order valence-corrected chi connectivity index (χ3v) is 9.79. The normalized spacial score (nSPS) is 19.8. The van der Waals surface area contributed by atoms with Crippen molar-refractivity contribution in [3.8, 4) is 28.4 Å². The van der Waals surface area contributed by atoms with Crippen LogP contribution < -0.4 is 14.2 Å². The Hall–Kier alpha value is -3.70. The second kappa shape index (κ2) is 11.1. The minimum atomic E-state index is -3.19. The van der Waals surface area contributed by atoms with E-state index in [1.165, 1.54) is 10.6 Å². The van der Waals surface area contributed by atoms with Crippen LogP contribution in [-0.4, -0.2) is 56.4 Å². The van der Waals surface area contributed by atoms with E-state index in [9.17, 15) is 13.2 Å². The second-order valence-electron chi connectivity index (χ2n) is 11.7. The van der Waals surface area contributed by atoms with Crippen molar-refractivity contribution < 1.29 is 41.3 Å². The van der Waals surface area contributed by atoms with Gasteiger partial charge in [-0.25, -0.2) is 21.5 Å². The Labute approximate surface area is 249 Å². The molecule has 1 aliphatic carbocycles. The molecule has 2 aliphatic heterocycles. The highest BCUT2D eigenvalue weighted by atomic mass is 32.2. The Bertz CT molecular complexity index is 1700. The molecule has 0 radical (unpaired) electrons. The molecule has 0 aromatic heterocycles. The number of carboxylic acids is 1. The fraction of sp³-hybridized carbons (Fsp3) is 0.406. The maximum absolute atomic E-state index is 15.5. The Balaban J connectivity index is 1.22. The molecular formula is C32H33F2NO7S. The van der Waals surface area contributed by atoms with Gasteiger partial charge >= 0.3 is 5.97 Å². The highest BCUT2D eigenvalue weighted by Crippen LogP contribution is 2.46. The SMILES string of the molecule is Cc1cc(OCC2CN(S(C)(=O)=O)C2)cc(C)c1-c1c(F)cc(F)c2c1CC[C@H]2Oc1ccc2c(c1)OC[C@H]2CC(=O)O. The quantitative estimate of drug-likeness (QED) is 0.338. The van der Waals surface area contributed by atoms with E-state index in [2.05, 4.69) is 0 Å². The molecule has 1 fully saturated rings. The average molecular weight is 614 g/mol. The van der Waals surface area contributed by atoms with Crippen LogP contribution in [0.1, 0.15) is 52.7 Å². The van der Waals surface area contributed by atoms with Gasteiger partial charge in [-0.3, -0.25) is 4.79 Å². The first kappa shape index (κ1) is 29.4. The first-order valence-electron chi connectivity index (χ1n) is 14.2. The minimum Gasteiger partial charge on any atom is -0.493 e. The van der Waals surface area contributed by atoms with E-state index < -0.39 is 33.7 Å². The van der Waals surface area contributed by atoms with Crippen molar-refractivity contribution in [1.29, 1.82) is 0 Å². The van der Waals surface area contributed by atoms with Crippen LogP contribution in [0.15, 0.2) is 36.4 Å². The maximum Gasteiger partial charge on any atom is 0.304 e. The number of nitrogens with zero attached hydrogens (tertiary/aromatic N) is 1. The minimum absolute atomic E-state index is 0.0284. The molecule has 1 N–H and O–H groups in total. The monoisotopic (exact) mass is 613 g/mol. The summed E-state index contributed by atoms with van der Waals surface area (Å²) in [6.45, 7) is 5.23. The third kappa shape index (κ3) is 5.68. The topological polar surface area (TPSA) is 102 Å². The van der Waals surface area contributed by atoms with Crippen molar-refractivity contribution in [2.45, 2.75) is 45.1 Å². The van der Waals surface area contributed by atoms with Crippen molar-refractivity contribution in [2.24, 2.45) is 5.92 Å². The van der Waals surface area contributed by atoms with E-state index in [0.717, 1.165) is 22.8 Å². The summed E-state index contributed by atoms with van der Waals surface area (Å²) in [5.41, 5.74) is 4.33. The van der Waals surface area contributed by atoms with E-state index in [1.807, 2.05) is 26.0 Å². The summed E-state index contributed by atoms with van der Waals surface area (Å²) in [7, 11) is -3.19. The highest BCUT2D eigenvalue weighted by Gasteiger charge is 2.35. The largest absolute Gasteiger partial charge is 0.493 e. The molecule has 0 saturated carbocycles. The summed E-state index contributed by atoms with van der Waals surface area (Å²) in [6, 6.07) is 9.80. The summed E-state index contributed by atoms with van der Waals surface area (Å²) in [4.78, 5) is 11.2. The summed E-state index contributed by atoms with van der Waals surface area (Å²) in [6.07, 6.45) is 1.44. The Morgan fingerprint density at radius 1 is 1.05 bits per heavy atom. The molecule has 6 rings (SSSR count). The Kier molecular flexibility index (Phi) is 7.58. The molecule has 1 saturated heterocycles. The van der Waals surface area contributed by atoms with Crippen molar-refractivity contribution in [3.05, 3.63) is 75.8 Å². The molecule has 8 nitrogen and oxygen atoms in total. The van der Waals surface area contributed by atoms with E-state index >= 15 is 8.78 Å². The van der Waals surface area contributed by atoms with Gasteiger partial charge in [-0.15, -0.1) is 0 Å². The van der Waals surface area contributed by atoms with Gasteiger partial charge in [0.05, 0.1) is 25.9 Å². The highest BCUT2D eigenvalue weighted by molar-refractivity contribution is 7.88. The first-order valence-corrected chi connectivity index (χ1v) is 16.1.